The van der Waals surface area contributed by atoms with Gasteiger partial charge in [0.25, 0.3) is 5.91 Å². The number of carbonyl (C=O) groups excluding carboxylic acids is 1. The Morgan fingerprint density at radius 1 is 1.27 bits per heavy atom. The van der Waals surface area contributed by atoms with Gasteiger partial charge in [0.2, 0.25) is 0 Å². The van der Waals surface area contributed by atoms with E-state index in [0.717, 1.165) is 13.1 Å². The number of carbonyl (C=O) groups is 1. The summed E-state index contributed by atoms with van der Waals surface area (Å²) in [5, 5.41) is 11.0. The monoisotopic (exact) mass is 307 g/mol. The minimum Gasteiger partial charge on any atom is -0.484 e. The van der Waals surface area contributed by atoms with E-state index in [4.69, 9.17) is 4.74 Å². The van der Waals surface area contributed by atoms with Crippen LogP contribution in [0.15, 0.2) is 18.2 Å². The number of rotatable bonds is 4. The van der Waals surface area contributed by atoms with Crippen LogP contribution in [0, 0.1) is 10.1 Å². The summed E-state index contributed by atoms with van der Waals surface area (Å²) >= 11 is 0. The predicted molar refractivity (Wildman–Crippen MR) is 82.3 cm³/mol. The molecule has 0 saturated carbocycles. The maximum Gasteiger partial charge on any atom is 0.310 e. The van der Waals surface area contributed by atoms with E-state index < -0.39 is 4.92 Å². The van der Waals surface area contributed by atoms with Crippen molar-refractivity contribution < 1.29 is 14.5 Å². The van der Waals surface area contributed by atoms with E-state index in [-0.39, 0.29) is 23.4 Å². The summed E-state index contributed by atoms with van der Waals surface area (Å²) in [6.07, 6.45) is -0.201. The molecule has 0 aromatic heterocycles. The van der Waals surface area contributed by atoms with Gasteiger partial charge in [-0.05, 0) is 27.0 Å². The van der Waals surface area contributed by atoms with Crippen molar-refractivity contribution in [3.8, 4) is 5.75 Å². The number of piperazine rings is 1. The van der Waals surface area contributed by atoms with E-state index in [0.29, 0.717) is 18.7 Å². The van der Waals surface area contributed by atoms with E-state index in [9.17, 15) is 14.9 Å². The first-order valence-corrected chi connectivity index (χ1v) is 7.31. The Hall–Kier alpha value is -2.15. The van der Waals surface area contributed by atoms with Crippen molar-refractivity contribution >= 4 is 11.6 Å². The lowest BCUT2D eigenvalue weighted by molar-refractivity contribution is -0.386. The van der Waals surface area contributed by atoms with Gasteiger partial charge in [-0.3, -0.25) is 14.9 Å². The van der Waals surface area contributed by atoms with Gasteiger partial charge in [0.1, 0.15) is 0 Å². The molecule has 0 bridgehead atoms. The number of ether oxygens (including phenoxy) is 1. The summed E-state index contributed by atoms with van der Waals surface area (Å²) in [7, 11) is 2.02. The number of hydrogen-bond donors (Lipinski definition) is 0. The molecule has 0 N–H and O–H groups in total. The molecule has 1 aliphatic heterocycles. The standard InChI is InChI=1S/C15H21N3O4/c1-11(2)22-14-10-12(4-5-13(14)18(20)21)15(19)17-8-6-16(3)7-9-17/h4-5,10-11H,6-9H2,1-3H3. The van der Waals surface area contributed by atoms with Gasteiger partial charge in [-0.1, -0.05) is 0 Å². The molecule has 0 atom stereocenters. The molecule has 1 aromatic carbocycles. The van der Waals surface area contributed by atoms with Gasteiger partial charge in [0.15, 0.2) is 5.75 Å². The lowest BCUT2D eigenvalue weighted by atomic mass is 10.1. The van der Waals surface area contributed by atoms with Crippen molar-refractivity contribution in [1.29, 1.82) is 0 Å². The van der Waals surface area contributed by atoms with Crippen LogP contribution in [0.25, 0.3) is 0 Å². The van der Waals surface area contributed by atoms with E-state index in [2.05, 4.69) is 4.90 Å². The van der Waals surface area contributed by atoms with Crippen molar-refractivity contribution in [3.63, 3.8) is 0 Å². The van der Waals surface area contributed by atoms with Crippen LogP contribution < -0.4 is 4.74 Å². The maximum absolute atomic E-state index is 12.5. The molecule has 1 amide bonds. The molecule has 0 unspecified atom stereocenters. The predicted octanol–water partition coefficient (Wildman–Crippen LogP) is 1.77. The lowest BCUT2D eigenvalue weighted by Gasteiger charge is -2.32. The second kappa shape index (κ2) is 6.74. The summed E-state index contributed by atoms with van der Waals surface area (Å²) < 4.78 is 5.48. The van der Waals surface area contributed by atoms with Crippen molar-refractivity contribution in [2.45, 2.75) is 20.0 Å². The topological polar surface area (TPSA) is 75.9 Å². The van der Waals surface area contributed by atoms with E-state index in [1.807, 2.05) is 7.05 Å². The number of benzene rings is 1. The Balaban J connectivity index is 2.23. The average Bonchev–Trinajstić information content (AvgIpc) is 2.46. The van der Waals surface area contributed by atoms with Gasteiger partial charge in [-0.25, -0.2) is 0 Å². The molecule has 2 rings (SSSR count). The molecule has 7 heteroatoms. The minimum atomic E-state index is -0.498. The third-order valence-electron chi connectivity index (χ3n) is 3.56. The number of hydrogen-bond acceptors (Lipinski definition) is 5. The zero-order valence-corrected chi connectivity index (χ0v) is 13.1. The molecule has 0 radical (unpaired) electrons. The molecular weight excluding hydrogens is 286 g/mol. The van der Waals surface area contributed by atoms with Crippen LogP contribution in [-0.2, 0) is 0 Å². The molecular formula is C15H21N3O4. The largest absolute Gasteiger partial charge is 0.484 e. The molecule has 1 aromatic rings. The molecule has 7 nitrogen and oxygen atoms in total. The summed E-state index contributed by atoms with van der Waals surface area (Å²) in [5.74, 6) is 0.0246. The van der Waals surface area contributed by atoms with Gasteiger partial charge in [-0.2, -0.15) is 0 Å². The molecule has 1 saturated heterocycles. The molecule has 0 spiro atoms. The second-order valence-corrected chi connectivity index (χ2v) is 5.70. The van der Waals surface area contributed by atoms with E-state index in [1.165, 1.54) is 18.2 Å². The first kappa shape index (κ1) is 16.2. The quantitative estimate of drug-likeness (QED) is 0.626. The number of nitrogens with zero attached hydrogens (tertiary/aromatic N) is 3. The number of nitro benzene ring substituents is 1. The summed E-state index contributed by atoms with van der Waals surface area (Å²) in [4.78, 5) is 27.0. The Bertz CT molecular complexity index is 566. The van der Waals surface area contributed by atoms with Crippen LogP contribution in [0.1, 0.15) is 24.2 Å². The first-order valence-electron chi connectivity index (χ1n) is 7.31. The number of amides is 1. The fourth-order valence-corrected chi connectivity index (χ4v) is 2.34. The normalized spacial score (nSPS) is 15.9. The highest BCUT2D eigenvalue weighted by molar-refractivity contribution is 5.95. The second-order valence-electron chi connectivity index (χ2n) is 5.70. The van der Waals surface area contributed by atoms with Crippen LogP contribution in [0.2, 0.25) is 0 Å². The van der Waals surface area contributed by atoms with Crippen molar-refractivity contribution in [1.82, 2.24) is 9.80 Å². The molecule has 1 heterocycles. The summed E-state index contributed by atoms with van der Waals surface area (Å²) in [5.41, 5.74) is 0.300. The maximum atomic E-state index is 12.5. The van der Waals surface area contributed by atoms with Crippen molar-refractivity contribution in [3.05, 3.63) is 33.9 Å². The average molecular weight is 307 g/mol. The van der Waals surface area contributed by atoms with Crippen LogP contribution in [0.3, 0.4) is 0 Å². The van der Waals surface area contributed by atoms with Crippen LogP contribution >= 0.6 is 0 Å². The fraction of sp³-hybridized carbons (Fsp3) is 0.533. The fourth-order valence-electron chi connectivity index (χ4n) is 2.34. The third kappa shape index (κ3) is 3.73. The van der Waals surface area contributed by atoms with Crippen molar-refractivity contribution in [2.24, 2.45) is 0 Å². The molecule has 120 valence electrons. The van der Waals surface area contributed by atoms with Crippen LogP contribution in [0.5, 0.6) is 5.75 Å². The smallest absolute Gasteiger partial charge is 0.310 e. The lowest BCUT2D eigenvalue weighted by Crippen LogP contribution is -2.47. The zero-order valence-electron chi connectivity index (χ0n) is 13.1. The van der Waals surface area contributed by atoms with Gasteiger partial charge in [-0.15, -0.1) is 0 Å². The molecule has 1 aliphatic rings. The highest BCUT2D eigenvalue weighted by Gasteiger charge is 2.24. The highest BCUT2D eigenvalue weighted by atomic mass is 16.6. The summed E-state index contributed by atoms with van der Waals surface area (Å²) in [6, 6.07) is 4.30. The van der Waals surface area contributed by atoms with E-state index >= 15 is 0 Å². The van der Waals surface area contributed by atoms with Crippen molar-refractivity contribution in [2.75, 3.05) is 33.2 Å². The number of nitro groups is 1. The summed E-state index contributed by atoms with van der Waals surface area (Å²) in [6.45, 7) is 6.55. The third-order valence-corrected chi connectivity index (χ3v) is 3.56. The van der Waals surface area contributed by atoms with Gasteiger partial charge < -0.3 is 14.5 Å². The zero-order chi connectivity index (χ0) is 16.3. The SMILES string of the molecule is CC(C)Oc1cc(C(=O)N2CCN(C)CC2)ccc1[N+](=O)[O-]. The van der Waals surface area contributed by atoms with Crippen LogP contribution in [-0.4, -0.2) is 60.0 Å². The molecule has 1 fully saturated rings. The Labute approximate surface area is 129 Å². The molecule has 22 heavy (non-hydrogen) atoms. The molecule has 0 aliphatic carbocycles. The Morgan fingerprint density at radius 3 is 2.45 bits per heavy atom. The number of likely N-dealkylation sites (N-methyl/N-ethyl adjacent to an activating group) is 1. The van der Waals surface area contributed by atoms with Gasteiger partial charge in [0, 0.05) is 43.9 Å². The Morgan fingerprint density at radius 2 is 1.91 bits per heavy atom. The van der Waals surface area contributed by atoms with Crippen LogP contribution in [0.4, 0.5) is 5.69 Å². The first-order chi connectivity index (χ1) is 10.4. The Kier molecular flexibility index (Phi) is 4.97. The van der Waals surface area contributed by atoms with E-state index in [1.54, 1.807) is 18.7 Å². The highest BCUT2D eigenvalue weighted by Crippen LogP contribution is 2.29. The van der Waals surface area contributed by atoms with Gasteiger partial charge >= 0.3 is 5.69 Å². The van der Waals surface area contributed by atoms with Gasteiger partial charge in [0.05, 0.1) is 11.0 Å². The minimum absolute atomic E-state index is 0.114.